The molecule has 0 saturated carbocycles. The van der Waals surface area contributed by atoms with Gasteiger partial charge in [0.05, 0.1) is 16.6 Å². The lowest BCUT2D eigenvalue weighted by Gasteiger charge is -2.24. The molecule has 0 saturated heterocycles. The number of hydrogen-bond acceptors (Lipinski definition) is 4. The highest BCUT2D eigenvalue weighted by atomic mass is 35.5. The molecule has 0 aliphatic carbocycles. The molecule has 5 nitrogen and oxygen atoms in total. The zero-order valence-electron chi connectivity index (χ0n) is 16.7. The predicted octanol–water partition coefficient (Wildman–Crippen LogP) is 4.95. The van der Waals surface area contributed by atoms with Crippen molar-refractivity contribution in [2.45, 2.75) is 17.4 Å². The Morgan fingerprint density at radius 1 is 0.933 bits per heavy atom. The van der Waals surface area contributed by atoms with E-state index in [2.05, 4.69) is 5.10 Å². The van der Waals surface area contributed by atoms with Gasteiger partial charge in [0.15, 0.2) is 0 Å². The minimum Gasteiger partial charge on any atom is -0.378 e. The first kappa shape index (κ1) is 20.4. The number of hydrazone groups is 1. The number of rotatable bonds is 5. The lowest BCUT2D eigenvalue weighted by Crippen LogP contribution is -2.27. The van der Waals surface area contributed by atoms with E-state index in [0.717, 1.165) is 16.8 Å². The fraction of sp³-hybridized carbons (Fsp3) is 0.174. The minimum atomic E-state index is -3.82. The van der Waals surface area contributed by atoms with Crippen LogP contribution in [0.15, 0.2) is 88.9 Å². The lowest BCUT2D eigenvalue weighted by molar-refractivity contribution is 0.371. The summed E-state index contributed by atoms with van der Waals surface area (Å²) in [5, 5.41) is 5.10. The van der Waals surface area contributed by atoms with Crippen molar-refractivity contribution in [1.29, 1.82) is 0 Å². The molecule has 1 aliphatic heterocycles. The molecule has 154 valence electrons. The van der Waals surface area contributed by atoms with Crippen LogP contribution in [0.3, 0.4) is 0 Å². The smallest absolute Gasteiger partial charge is 0.279 e. The average Bonchev–Trinajstić information content (AvgIpc) is 3.21. The number of sulfonamides is 1. The molecule has 0 bridgehead atoms. The highest BCUT2D eigenvalue weighted by Crippen LogP contribution is 2.38. The van der Waals surface area contributed by atoms with Gasteiger partial charge in [-0.05, 0) is 35.9 Å². The summed E-state index contributed by atoms with van der Waals surface area (Å²) in [7, 11) is 0.111. The summed E-state index contributed by atoms with van der Waals surface area (Å²) in [6.45, 7) is 0. The molecule has 0 radical (unpaired) electrons. The van der Waals surface area contributed by atoms with Gasteiger partial charge < -0.3 is 4.90 Å². The number of benzene rings is 3. The fourth-order valence-electron chi connectivity index (χ4n) is 3.51. The van der Waals surface area contributed by atoms with Gasteiger partial charge in [0.25, 0.3) is 10.0 Å². The summed E-state index contributed by atoms with van der Waals surface area (Å²) in [6, 6.07) is 23.2. The van der Waals surface area contributed by atoms with Gasteiger partial charge in [-0.15, -0.1) is 0 Å². The van der Waals surface area contributed by atoms with Gasteiger partial charge in [0.1, 0.15) is 0 Å². The molecule has 0 N–H and O–H groups in total. The fourth-order valence-corrected chi connectivity index (χ4v) is 5.21. The van der Waals surface area contributed by atoms with Crippen molar-refractivity contribution in [1.82, 2.24) is 4.41 Å². The van der Waals surface area contributed by atoms with Crippen molar-refractivity contribution < 1.29 is 8.42 Å². The van der Waals surface area contributed by atoms with Crippen LogP contribution < -0.4 is 4.90 Å². The van der Waals surface area contributed by atoms with Crippen LogP contribution in [-0.2, 0) is 10.0 Å². The Labute approximate surface area is 182 Å². The molecule has 30 heavy (non-hydrogen) atoms. The summed E-state index contributed by atoms with van der Waals surface area (Å²) in [5.74, 6) is 0. The lowest BCUT2D eigenvalue weighted by atomic mass is 9.99. The average molecular weight is 440 g/mol. The van der Waals surface area contributed by atoms with Gasteiger partial charge in [0.2, 0.25) is 0 Å². The van der Waals surface area contributed by atoms with E-state index in [1.165, 1.54) is 4.41 Å². The van der Waals surface area contributed by atoms with Crippen LogP contribution in [0.5, 0.6) is 0 Å². The summed E-state index contributed by atoms with van der Waals surface area (Å²) >= 11 is 6.38. The van der Waals surface area contributed by atoms with Crippen LogP contribution in [0.2, 0.25) is 5.02 Å². The van der Waals surface area contributed by atoms with Crippen molar-refractivity contribution in [2.24, 2.45) is 5.10 Å². The summed E-state index contributed by atoms with van der Waals surface area (Å²) in [6.07, 6.45) is 0.442. The highest BCUT2D eigenvalue weighted by Gasteiger charge is 2.38. The standard InChI is InChI=1S/C23H22ClN3O2S/c1-26(2)18-14-12-17(13-15-18)23-16-22(20-10-6-7-11-21(20)24)25-27(23)30(28,29)19-8-4-3-5-9-19/h3-15,23H,16H2,1-2H3/t23-/m0/s1. The van der Waals surface area contributed by atoms with Crippen LogP contribution in [-0.4, -0.2) is 32.6 Å². The van der Waals surface area contributed by atoms with Crippen LogP contribution in [0.25, 0.3) is 0 Å². The highest BCUT2D eigenvalue weighted by molar-refractivity contribution is 7.89. The maximum Gasteiger partial charge on any atom is 0.279 e. The van der Waals surface area contributed by atoms with E-state index in [0.29, 0.717) is 17.2 Å². The number of nitrogens with zero attached hydrogens (tertiary/aromatic N) is 3. The van der Waals surface area contributed by atoms with Crippen molar-refractivity contribution in [3.63, 3.8) is 0 Å². The van der Waals surface area contributed by atoms with Crippen molar-refractivity contribution in [3.05, 3.63) is 95.0 Å². The number of halogens is 1. The normalized spacial score (nSPS) is 16.4. The van der Waals surface area contributed by atoms with Crippen LogP contribution in [0.1, 0.15) is 23.6 Å². The molecule has 0 aromatic heterocycles. The summed E-state index contributed by atoms with van der Waals surface area (Å²) in [4.78, 5) is 2.21. The molecular weight excluding hydrogens is 418 g/mol. The molecular formula is C23H22ClN3O2S. The quantitative estimate of drug-likeness (QED) is 0.565. The van der Waals surface area contributed by atoms with Gasteiger partial charge >= 0.3 is 0 Å². The van der Waals surface area contributed by atoms with Crippen LogP contribution >= 0.6 is 11.6 Å². The second-order valence-corrected chi connectivity index (χ2v) is 9.53. The second-order valence-electron chi connectivity index (χ2n) is 7.32. The van der Waals surface area contributed by atoms with E-state index >= 15 is 0 Å². The van der Waals surface area contributed by atoms with E-state index in [1.807, 2.05) is 61.5 Å². The third kappa shape index (κ3) is 3.80. The first-order valence-corrected chi connectivity index (χ1v) is 11.4. The molecule has 1 atom stereocenters. The third-order valence-corrected chi connectivity index (χ3v) is 7.17. The van der Waals surface area contributed by atoms with Gasteiger partial charge in [0, 0.05) is 36.8 Å². The molecule has 0 fully saturated rings. The zero-order valence-corrected chi connectivity index (χ0v) is 18.3. The third-order valence-electron chi connectivity index (χ3n) is 5.14. The van der Waals surface area contributed by atoms with E-state index in [1.54, 1.807) is 36.4 Å². The summed E-state index contributed by atoms with van der Waals surface area (Å²) < 4.78 is 28.1. The Hall–Kier alpha value is -2.83. The molecule has 3 aromatic carbocycles. The summed E-state index contributed by atoms with van der Waals surface area (Å²) in [5.41, 5.74) is 3.33. The molecule has 0 spiro atoms. The SMILES string of the molecule is CN(C)c1ccc([C@@H]2CC(c3ccccc3Cl)=NN2S(=O)(=O)c2ccccc2)cc1. The van der Waals surface area contributed by atoms with Crippen molar-refractivity contribution in [3.8, 4) is 0 Å². The van der Waals surface area contributed by atoms with Crippen molar-refractivity contribution in [2.75, 3.05) is 19.0 Å². The van der Waals surface area contributed by atoms with E-state index in [4.69, 9.17) is 11.6 Å². The van der Waals surface area contributed by atoms with E-state index in [9.17, 15) is 8.42 Å². The first-order valence-electron chi connectivity index (χ1n) is 9.57. The first-order chi connectivity index (χ1) is 14.4. The van der Waals surface area contributed by atoms with Crippen LogP contribution in [0.4, 0.5) is 5.69 Å². The molecule has 0 unspecified atom stereocenters. The maximum absolute atomic E-state index is 13.4. The molecule has 4 rings (SSSR count). The number of anilines is 1. The van der Waals surface area contributed by atoms with Gasteiger partial charge in [-0.1, -0.05) is 60.1 Å². The zero-order chi connectivity index (χ0) is 21.3. The Balaban J connectivity index is 1.79. The van der Waals surface area contributed by atoms with Crippen LogP contribution in [0, 0.1) is 0 Å². The molecule has 7 heteroatoms. The molecule has 1 heterocycles. The Kier molecular flexibility index (Phi) is 5.54. The Morgan fingerprint density at radius 3 is 2.20 bits per heavy atom. The van der Waals surface area contributed by atoms with Crippen molar-refractivity contribution >= 4 is 33.0 Å². The monoisotopic (exact) mass is 439 g/mol. The van der Waals surface area contributed by atoms with Gasteiger partial charge in [-0.3, -0.25) is 0 Å². The predicted molar refractivity (Wildman–Crippen MR) is 122 cm³/mol. The second kappa shape index (κ2) is 8.13. The van der Waals surface area contributed by atoms with Gasteiger partial charge in [-0.2, -0.15) is 17.9 Å². The largest absolute Gasteiger partial charge is 0.378 e. The molecule has 0 amide bonds. The maximum atomic E-state index is 13.4. The topological polar surface area (TPSA) is 53.0 Å². The Bertz CT molecular complexity index is 1180. The van der Waals surface area contributed by atoms with E-state index < -0.39 is 16.1 Å². The number of hydrogen-bond donors (Lipinski definition) is 0. The molecule has 1 aliphatic rings. The van der Waals surface area contributed by atoms with E-state index in [-0.39, 0.29) is 4.90 Å². The van der Waals surface area contributed by atoms with Gasteiger partial charge in [-0.25, -0.2) is 0 Å². The minimum absolute atomic E-state index is 0.212. The Morgan fingerprint density at radius 2 is 1.57 bits per heavy atom. The molecule has 3 aromatic rings.